The highest BCUT2D eigenvalue weighted by Gasteiger charge is 2.38. The Morgan fingerprint density at radius 3 is 2.92 bits per heavy atom. The maximum absolute atomic E-state index is 12.3. The molecule has 1 aliphatic heterocycles. The van der Waals surface area contributed by atoms with Crippen LogP contribution in [0.5, 0.6) is 0 Å². The molecule has 6 nitrogen and oxygen atoms in total. The van der Waals surface area contributed by atoms with E-state index in [1.54, 1.807) is 6.20 Å². The van der Waals surface area contributed by atoms with Gasteiger partial charge in [0.2, 0.25) is 0 Å². The summed E-state index contributed by atoms with van der Waals surface area (Å²) in [4.78, 5) is 12.3. The number of fused-ring (bicyclic) bond motifs is 1. The molecule has 132 valence electrons. The van der Waals surface area contributed by atoms with Gasteiger partial charge < -0.3 is 15.4 Å². The van der Waals surface area contributed by atoms with E-state index >= 15 is 0 Å². The first kappa shape index (κ1) is 16.1. The summed E-state index contributed by atoms with van der Waals surface area (Å²) in [5.74, 6) is 0.468. The van der Waals surface area contributed by atoms with Crippen LogP contribution >= 0.6 is 0 Å². The van der Waals surface area contributed by atoms with Gasteiger partial charge in [0, 0.05) is 36.6 Å². The predicted molar refractivity (Wildman–Crippen MR) is 95.4 cm³/mol. The SMILES string of the molecule is O=C(Nc1ccc(Cn2cccn2)cc1)N[C@@H]1CCC[C@@H]2OCC[C@H]21. The average Bonchev–Trinajstić information content (AvgIpc) is 3.28. The lowest BCUT2D eigenvalue weighted by Crippen LogP contribution is -2.47. The molecule has 25 heavy (non-hydrogen) atoms. The molecule has 0 unspecified atom stereocenters. The highest BCUT2D eigenvalue weighted by atomic mass is 16.5. The Morgan fingerprint density at radius 2 is 2.12 bits per heavy atom. The number of aromatic nitrogens is 2. The number of amides is 2. The van der Waals surface area contributed by atoms with Crippen molar-refractivity contribution in [2.75, 3.05) is 11.9 Å². The highest BCUT2D eigenvalue weighted by Crippen LogP contribution is 2.34. The fourth-order valence-electron chi connectivity index (χ4n) is 3.97. The number of benzene rings is 1. The van der Waals surface area contributed by atoms with Crippen molar-refractivity contribution in [1.82, 2.24) is 15.1 Å². The van der Waals surface area contributed by atoms with Crippen molar-refractivity contribution in [3.63, 3.8) is 0 Å². The zero-order chi connectivity index (χ0) is 17.1. The minimum atomic E-state index is -0.127. The van der Waals surface area contributed by atoms with Gasteiger partial charge in [0.25, 0.3) is 0 Å². The van der Waals surface area contributed by atoms with Crippen LogP contribution in [0.25, 0.3) is 0 Å². The summed E-state index contributed by atoms with van der Waals surface area (Å²) in [5, 5.41) is 10.3. The van der Waals surface area contributed by atoms with Crippen LogP contribution in [-0.4, -0.2) is 34.6 Å². The topological polar surface area (TPSA) is 68.2 Å². The Hall–Kier alpha value is -2.34. The summed E-state index contributed by atoms with van der Waals surface area (Å²) in [6.07, 6.45) is 8.38. The molecular formula is C19H24N4O2. The van der Waals surface area contributed by atoms with Gasteiger partial charge in [0.05, 0.1) is 12.6 Å². The van der Waals surface area contributed by atoms with Crippen LogP contribution in [0.3, 0.4) is 0 Å². The minimum Gasteiger partial charge on any atom is -0.378 e. The van der Waals surface area contributed by atoms with E-state index in [4.69, 9.17) is 4.74 Å². The summed E-state index contributed by atoms with van der Waals surface area (Å²) in [6.45, 7) is 1.55. The average molecular weight is 340 g/mol. The Morgan fingerprint density at radius 1 is 1.24 bits per heavy atom. The second-order valence-electron chi connectivity index (χ2n) is 6.90. The number of rotatable bonds is 4. The Bertz CT molecular complexity index is 699. The summed E-state index contributed by atoms with van der Waals surface area (Å²) >= 11 is 0. The van der Waals surface area contributed by atoms with E-state index in [-0.39, 0.29) is 12.1 Å². The Balaban J connectivity index is 1.31. The van der Waals surface area contributed by atoms with Crippen molar-refractivity contribution in [2.45, 2.75) is 44.4 Å². The van der Waals surface area contributed by atoms with E-state index in [2.05, 4.69) is 15.7 Å². The number of hydrogen-bond acceptors (Lipinski definition) is 3. The third kappa shape index (κ3) is 3.85. The van der Waals surface area contributed by atoms with E-state index in [0.29, 0.717) is 12.0 Å². The molecular weight excluding hydrogens is 316 g/mol. The number of ether oxygens (including phenoxy) is 1. The molecule has 1 aliphatic carbocycles. The van der Waals surface area contributed by atoms with Crippen molar-refractivity contribution in [3.8, 4) is 0 Å². The van der Waals surface area contributed by atoms with Gasteiger partial charge in [-0.05, 0) is 49.4 Å². The molecule has 2 heterocycles. The largest absolute Gasteiger partial charge is 0.378 e. The van der Waals surface area contributed by atoms with E-state index in [1.165, 1.54) is 0 Å². The molecule has 2 aromatic rings. The Kier molecular flexibility index (Phi) is 4.70. The molecule has 0 bridgehead atoms. The summed E-state index contributed by atoms with van der Waals surface area (Å²) < 4.78 is 7.64. The third-order valence-electron chi connectivity index (χ3n) is 5.21. The molecule has 0 radical (unpaired) electrons. The normalized spacial score (nSPS) is 25.4. The Labute approximate surface area is 147 Å². The fraction of sp³-hybridized carbons (Fsp3) is 0.474. The predicted octanol–water partition coefficient (Wildman–Crippen LogP) is 3.01. The van der Waals surface area contributed by atoms with Crippen LogP contribution in [-0.2, 0) is 11.3 Å². The second-order valence-corrected chi connectivity index (χ2v) is 6.90. The maximum atomic E-state index is 12.3. The molecule has 2 amide bonds. The molecule has 1 aromatic heterocycles. The molecule has 1 saturated heterocycles. The van der Waals surface area contributed by atoms with Gasteiger partial charge in [-0.2, -0.15) is 5.10 Å². The standard InChI is InChI=1S/C19H24N4O2/c24-19(22-17-3-1-4-18-16(17)9-12-25-18)21-15-7-5-14(6-8-15)13-23-11-2-10-20-23/h2,5-8,10-11,16-18H,1,3-4,9,12-13H2,(H2,21,22,24)/t16-,17+,18-/m0/s1. The van der Waals surface area contributed by atoms with Gasteiger partial charge in [-0.25, -0.2) is 4.79 Å². The number of anilines is 1. The van der Waals surface area contributed by atoms with Gasteiger partial charge in [0.15, 0.2) is 0 Å². The van der Waals surface area contributed by atoms with Gasteiger partial charge in [-0.15, -0.1) is 0 Å². The quantitative estimate of drug-likeness (QED) is 0.899. The molecule has 4 rings (SSSR count). The van der Waals surface area contributed by atoms with Crippen LogP contribution in [0.4, 0.5) is 10.5 Å². The number of hydrogen-bond donors (Lipinski definition) is 2. The lowest BCUT2D eigenvalue weighted by Gasteiger charge is -2.33. The number of nitrogens with zero attached hydrogens (tertiary/aromatic N) is 2. The monoisotopic (exact) mass is 340 g/mol. The summed E-state index contributed by atoms with van der Waals surface area (Å²) in [5.41, 5.74) is 1.95. The van der Waals surface area contributed by atoms with Gasteiger partial charge >= 0.3 is 6.03 Å². The zero-order valence-corrected chi connectivity index (χ0v) is 14.2. The van der Waals surface area contributed by atoms with E-state index in [1.807, 2.05) is 41.2 Å². The van der Waals surface area contributed by atoms with E-state index in [0.717, 1.165) is 50.1 Å². The van der Waals surface area contributed by atoms with Crippen molar-refractivity contribution >= 4 is 11.7 Å². The number of carbonyl (C=O) groups is 1. The molecule has 3 atom stereocenters. The smallest absolute Gasteiger partial charge is 0.319 e. The first-order valence-electron chi connectivity index (χ1n) is 9.03. The molecule has 6 heteroatoms. The fourth-order valence-corrected chi connectivity index (χ4v) is 3.97. The van der Waals surface area contributed by atoms with Crippen molar-refractivity contribution in [3.05, 3.63) is 48.3 Å². The van der Waals surface area contributed by atoms with Crippen LogP contribution in [0.1, 0.15) is 31.2 Å². The van der Waals surface area contributed by atoms with Crippen LogP contribution in [0.2, 0.25) is 0 Å². The van der Waals surface area contributed by atoms with E-state index < -0.39 is 0 Å². The van der Waals surface area contributed by atoms with Crippen LogP contribution in [0, 0.1) is 5.92 Å². The van der Waals surface area contributed by atoms with Crippen molar-refractivity contribution in [1.29, 1.82) is 0 Å². The van der Waals surface area contributed by atoms with Gasteiger partial charge in [0.1, 0.15) is 0 Å². The van der Waals surface area contributed by atoms with Gasteiger partial charge in [-0.1, -0.05) is 12.1 Å². The minimum absolute atomic E-state index is 0.127. The highest BCUT2D eigenvalue weighted by molar-refractivity contribution is 5.89. The van der Waals surface area contributed by atoms with E-state index in [9.17, 15) is 4.79 Å². The van der Waals surface area contributed by atoms with Crippen molar-refractivity contribution < 1.29 is 9.53 Å². The summed E-state index contributed by atoms with van der Waals surface area (Å²) in [7, 11) is 0. The molecule has 0 spiro atoms. The second kappa shape index (κ2) is 7.27. The molecule has 2 N–H and O–H groups in total. The molecule has 2 fully saturated rings. The zero-order valence-electron chi connectivity index (χ0n) is 14.2. The van der Waals surface area contributed by atoms with Crippen LogP contribution in [0.15, 0.2) is 42.7 Å². The maximum Gasteiger partial charge on any atom is 0.319 e. The van der Waals surface area contributed by atoms with Crippen molar-refractivity contribution in [2.24, 2.45) is 5.92 Å². The third-order valence-corrected chi connectivity index (χ3v) is 5.21. The molecule has 2 aliphatic rings. The van der Waals surface area contributed by atoms with Crippen LogP contribution < -0.4 is 10.6 Å². The number of urea groups is 1. The first-order valence-corrected chi connectivity index (χ1v) is 9.03. The lowest BCUT2D eigenvalue weighted by atomic mass is 9.82. The molecule has 1 aromatic carbocycles. The molecule has 1 saturated carbocycles. The summed E-state index contributed by atoms with van der Waals surface area (Å²) in [6, 6.07) is 9.89. The number of carbonyl (C=O) groups excluding carboxylic acids is 1. The lowest BCUT2D eigenvalue weighted by molar-refractivity contribution is 0.0553. The first-order chi connectivity index (χ1) is 12.3. The number of nitrogens with one attached hydrogen (secondary N) is 2. The van der Waals surface area contributed by atoms with Gasteiger partial charge in [-0.3, -0.25) is 4.68 Å².